The summed E-state index contributed by atoms with van der Waals surface area (Å²) >= 11 is 0. The molecule has 0 heterocycles. The van der Waals surface area contributed by atoms with Crippen LogP contribution < -0.4 is 5.73 Å². The van der Waals surface area contributed by atoms with E-state index >= 15 is 0 Å². The summed E-state index contributed by atoms with van der Waals surface area (Å²) in [7, 11) is 1.54. The molecule has 1 unspecified atom stereocenters. The molecular formula is C10H13F2NO. The van der Waals surface area contributed by atoms with Crippen LogP contribution in [0.15, 0.2) is 24.3 Å². The first kappa shape index (κ1) is 11.1. The van der Waals surface area contributed by atoms with E-state index in [0.29, 0.717) is 6.54 Å². The molecule has 0 aromatic heterocycles. The Balaban J connectivity index is 2.81. The van der Waals surface area contributed by atoms with E-state index in [1.807, 2.05) is 0 Å². The first-order valence-electron chi connectivity index (χ1n) is 4.30. The second kappa shape index (κ2) is 5.02. The van der Waals surface area contributed by atoms with Crippen molar-refractivity contribution in [2.24, 2.45) is 5.73 Å². The van der Waals surface area contributed by atoms with Gasteiger partial charge in [-0.15, -0.1) is 0 Å². The molecule has 0 bridgehead atoms. The number of ether oxygens (including phenoxy) is 1. The van der Waals surface area contributed by atoms with Crippen LogP contribution in [0.2, 0.25) is 0 Å². The van der Waals surface area contributed by atoms with Crippen molar-refractivity contribution in [3.05, 3.63) is 35.4 Å². The first-order chi connectivity index (χ1) is 6.69. The maximum atomic E-state index is 12.2. The Morgan fingerprint density at radius 1 is 1.21 bits per heavy atom. The average molecular weight is 201 g/mol. The van der Waals surface area contributed by atoms with Gasteiger partial charge in [0, 0.05) is 19.2 Å². The second-order valence-corrected chi connectivity index (χ2v) is 2.93. The fraction of sp³-hybridized carbons (Fsp3) is 0.400. The third kappa shape index (κ3) is 2.49. The van der Waals surface area contributed by atoms with Gasteiger partial charge >= 0.3 is 0 Å². The lowest BCUT2D eigenvalue weighted by Crippen LogP contribution is -2.14. The van der Waals surface area contributed by atoms with E-state index in [2.05, 4.69) is 0 Å². The van der Waals surface area contributed by atoms with E-state index in [-0.39, 0.29) is 11.7 Å². The molecule has 0 aliphatic heterocycles. The molecule has 78 valence electrons. The van der Waals surface area contributed by atoms with E-state index in [4.69, 9.17) is 10.5 Å². The Morgan fingerprint density at radius 3 is 2.07 bits per heavy atom. The molecule has 1 aromatic carbocycles. The minimum absolute atomic E-state index is 0.0145. The quantitative estimate of drug-likeness (QED) is 0.811. The Hall–Kier alpha value is -1.00. The molecule has 0 fully saturated rings. The van der Waals surface area contributed by atoms with Crippen LogP contribution in [0.1, 0.15) is 23.7 Å². The van der Waals surface area contributed by atoms with Gasteiger partial charge < -0.3 is 10.5 Å². The fourth-order valence-corrected chi connectivity index (χ4v) is 1.22. The van der Waals surface area contributed by atoms with Crippen molar-refractivity contribution in [1.82, 2.24) is 0 Å². The summed E-state index contributed by atoms with van der Waals surface area (Å²) < 4.78 is 29.5. The minimum atomic E-state index is -2.43. The van der Waals surface area contributed by atoms with Gasteiger partial charge in [0.1, 0.15) is 0 Å². The minimum Gasteiger partial charge on any atom is -0.375 e. The van der Waals surface area contributed by atoms with Crippen molar-refractivity contribution in [1.29, 1.82) is 0 Å². The molecule has 1 rings (SSSR count). The van der Waals surface area contributed by atoms with Crippen molar-refractivity contribution < 1.29 is 13.5 Å². The zero-order valence-electron chi connectivity index (χ0n) is 7.91. The van der Waals surface area contributed by atoms with Gasteiger partial charge in [-0.2, -0.15) is 0 Å². The van der Waals surface area contributed by atoms with E-state index in [0.717, 1.165) is 5.56 Å². The van der Waals surface area contributed by atoms with E-state index in [9.17, 15) is 8.78 Å². The normalized spacial score (nSPS) is 13.2. The van der Waals surface area contributed by atoms with Gasteiger partial charge in [-0.25, -0.2) is 8.78 Å². The maximum absolute atomic E-state index is 12.2. The molecule has 1 atom stereocenters. The highest BCUT2D eigenvalue weighted by molar-refractivity contribution is 5.25. The zero-order chi connectivity index (χ0) is 10.6. The fourth-order valence-electron chi connectivity index (χ4n) is 1.22. The van der Waals surface area contributed by atoms with Crippen molar-refractivity contribution in [2.75, 3.05) is 13.7 Å². The Morgan fingerprint density at radius 2 is 1.71 bits per heavy atom. The van der Waals surface area contributed by atoms with Crippen LogP contribution in [0, 0.1) is 0 Å². The monoisotopic (exact) mass is 201 g/mol. The van der Waals surface area contributed by atoms with E-state index < -0.39 is 6.43 Å². The Kier molecular flexibility index (Phi) is 3.98. The van der Waals surface area contributed by atoms with Gasteiger partial charge in [0.15, 0.2) is 0 Å². The third-order valence-electron chi connectivity index (χ3n) is 2.06. The topological polar surface area (TPSA) is 35.2 Å². The molecule has 1 aromatic rings. The lowest BCUT2D eigenvalue weighted by atomic mass is 10.1. The lowest BCUT2D eigenvalue weighted by molar-refractivity contribution is 0.110. The molecule has 0 aliphatic carbocycles. The molecule has 4 heteroatoms. The predicted octanol–water partition coefficient (Wildman–Crippen LogP) is 2.27. The maximum Gasteiger partial charge on any atom is 0.263 e. The summed E-state index contributed by atoms with van der Waals surface area (Å²) in [6.45, 7) is 0.338. The van der Waals surface area contributed by atoms with Crippen molar-refractivity contribution in [3.63, 3.8) is 0 Å². The molecular weight excluding hydrogens is 188 g/mol. The molecule has 0 amide bonds. The van der Waals surface area contributed by atoms with Gasteiger partial charge in [0.2, 0.25) is 0 Å². The van der Waals surface area contributed by atoms with E-state index in [1.54, 1.807) is 19.2 Å². The van der Waals surface area contributed by atoms with Crippen LogP contribution in [-0.2, 0) is 4.74 Å². The zero-order valence-corrected chi connectivity index (χ0v) is 7.91. The smallest absolute Gasteiger partial charge is 0.263 e. The number of benzene rings is 1. The molecule has 14 heavy (non-hydrogen) atoms. The van der Waals surface area contributed by atoms with Gasteiger partial charge in [0.05, 0.1) is 6.10 Å². The second-order valence-electron chi connectivity index (χ2n) is 2.93. The highest BCUT2D eigenvalue weighted by atomic mass is 19.3. The van der Waals surface area contributed by atoms with Gasteiger partial charge in [-0.3, -0.25) is 0 Å². The molecule has 0 radical (unpaired) electrons. The molecule has 2 N–H and O–H groups in total. The molecule has 0 saturated carbocycles. The molecule has 0 saturated heterocycles. The molecule has 2 nitrogen and oxygen atoms in total. The number of hydrogen-bond donors (Lipinski definition) is 1. The van der Waals surface area contributed by atoms with Crippen molar-refractivity contribution >= 4 is 0 Å². The Bertz CT molecular complexity index is 270. The van der Waals surface area contributed by atoms with Crippen LogP contribution in [0.25, 0.3) is 0 Å². The number of methoxy groups -OCH3 is 1. The van der Waals surface area contributed by atoms with Gasteiger partial charge in [0.25, 0.3) is 6.43 Å². The Labute approximate surface area is 81.7 Å². The summed E-state index contributed by atoms with van der Waals surface area (Å²) in [4.78, 5) is 0. The summed E-state index contributed by atoms with van der Waals surface area (Å²) in [6.07, 6.45) is -2.65. The summed E-state index contributed by atoms with van der Waals surface area (Å²) in [5, 5.41) is 0. The highest BCUT2D eigenvalue weighted by Crippen LogP contribution is 2.21. The third-order valence-corrected chi connectivity index (χ3v) is 2.06. The van der Waals surface area contributed by atoms with Gasteiger partial charge in [-0.1, -0.05) is 24.3 Å². The largest absolute Gasteiger partial charge is 0.375 e. The summed E-state index contributed by atoms with van der Waals surface area (Å²) in [5.74, 6) is 0. The standard InChI is InChI=1S/C10H13F2NO/c1-14-9(6-13)7-2-4-8(5-3-7)10(11)12/h2-5,9-10H,6,13H2,1H3. The average Bonchev–Trinajstić information content (AvgIpc) is 2.20. The van der Waals surface area contributed by atoms with Crippen LogP contribution in [0.4, 0.5) is 8.78 Å². The number of halogens is 2. The number of rotatable bonds is 4. The number of hydrogen-bond acceptors (Lipinski definition) is 2. The van der Waals surface area contributed by atoms with Crippen LogP contribution in [0.3, 0.4) is 0 Å². The highest BCUT2D eigenvalue weighted by Gasteiger charge is 2.10. The summed E-state index contributed by atoms with van der Waals surface area (Å²) in [5.41, 5.74) is 6.27. The van der Waals surface area contributed by atoms with Crippen molar-refractivity contribution in [2.45, 2.75) is 12.5 Å². The lowest BCUT2D eigenvalue weighted by Gasteiger charge is -2.13. The van der Waals surface area contributed by atoms with E-state index in [1.165, 1.54) is 12.1 Å². The van der Waals surface area contributed by atoms with Gasteiger partial charge in [-0.05, 0) is 5.56 Å². The van der Waals surface area contributed by atoms with Crippen LogP contribution >= 0.6 is 0 Å². The molecule has 0 spiro atoms. The number of alkyl halides is 2. The molecule has 0 aliphatic rings. The summed E-state index contributed by atoms with van der Waals surface area (Å²) in [6, 6.07) is 6.01. The van der Waals surface area contributed by atoms with Crippen molar-refractivity contribution in [3.8, 4) is 0 Å². The van der Waals surface area contributed by atoms with Crippen LogP contribution in [-0.4, -0.2) is 13.7 Å². The van der Waals surface area contributed by atoms with Crippen LogP contribution in [0.5, 0.6) is 0 Å². The predicted molar refractivity (Wildman–Crippen MR) is 50.2 cm³/mol. The first-order valence-corrected chi connectivity index (χ1v) is 4.30. The SMILES string of the molecule is COC(CN)c1ccc(C(F)F)cc1. The number of nitrogens with two attached hydrogens (primary N) is 1.